The Morgan fingerprint density at radius 1 is 1.23 bits per heavy atom. The van der Waals surface area contributed by atoms with Gasteiger partial charge in [-0.2, -0.15) is 0 Å². The van der Waals surface area contributed by atoms with Gasteiger partial charge in [-0.1, -0.05) is 18.2 Å². The van der Waals surface area contributed by atoms with Crippen LogP contribution in [-0.2, 0) is 11.3 Å². The van der Waals surface area contributed by atoms with E-state index in [9.17, 15) is 9.59 Å². The number of carbonyl (C=O) groups excluding carboxylic acids is 2. The summed E-state index contributed by atoms with van der Waals surface area (Å²) in [4.78, 5) is 25.9. The first-order valence-electron chi connectivity index (χ1n) is 7.63. The predicted molar refractivity (Wildman–Crippen MR) is 82.4 cm³/mol. The molecule has 0 spiro atoms. The van der Waals surface area contributed by atoms with Gasteiger partial charge in [0.1, 0.15) is 11.8 Å². The Morgan fingerprint density at radius 2 is 2.00 bits per heavy atom. The van der Waals surface area contributed by atoms with Crippen molar-refractivity contribution < 1.29 is 14.3 Å². The van der Waals surface area contributed by atoms with Gasteiger partial charge in [-0.05, 0) is 49.0 Å². The van der Waals surface area contributed by atoms with Gasteiger partial charge < -0.3 is 10.1 Å². The van der Waals surface area contributed by atoms with Crippen LogP contribution < -0.4 is 10.1 Å². The highest BCUT2D eigenvalue weighted by molar-refractivity contribution is 6.05. The number of ether oxygens (including phenoxy) is 1. The average molecular weight is 300 g/mol. The van der Waals surface area contributed by atoms with Crippen molar-refractivity contribution in [1.82, 2.24) is 10.2 Å². The zero-order valence-electron chi connectivity index (χ0n) is 12.7. The summed E-state index contributed by atoms with van der Waals surface area (Å²) >= 11 is 0. The molecule has 5 nitrogen and oxygen atoms in total. The Balaban J connectivity index is 1.72. The SMILES string of the molecule is COc1ccc(CN2C(=O)NC(C3=CCCCC3)C2=O)cc1. The topological polar surface area (TPSA) is 58.6 Å². The Bertz CT molecular complexity index is 607. The summed E-state index contributed by atoms with van der Waals surface area (Å²) in [5.41, 5.74) is 1.96. The van der Waals surface area contributed by atoms with E-state index in [1.165, 1.54) is 4.90 Å². The fraction of sp³-hybridized carbons (Fsp3) is 0.412. The van der Waals surface area contributed by atoms with E-state index in [1.807, 2.05) is 24.3 Å². The Labute approximate surface area is 129 Å². The minimum atomic E-state index is -0.467. The van der Waals surface area contributed by atoms with Gasteiger partial charge in [0.15, 0.2) is 0 Å². The van der Waals surface area contributed by atoms with Crippen molar-refractivity contribution in [1.29, 1.82) is 0 Å². The lowest BCUT2D eigenvalue weighted by molar-refractivity contribution is -0.127. The maximum absolute atomic E-state index is 12.5. The van der Waals surface area contributed by atoms with Crippen LogP contribution in [0.25, 0.3) is 0 Å². The summed E-state index contributed by atoms with van der Waals surface area (Å²) in [6.45, 7) is 0.290. The van der Waals surface area contributed by atoms with Gasteiger partial charge in [0, 0.05) is 0 Å². The summed E-state index contributed by atoms with van der Waals surface area (Å²) in [6, 6.07) is 6.62. The maximum atomic E-state index is 12.5. The number of urea groups is 1. The molecule has 1 unspecified atom stereocenters. The number of amides is 3. The molecule has 2 aliphatic rings. The van der Waals surface area contributed by atoms with Crippen LogP contribution in [0.3, 0.4) is 0 Å². The van der Waals surface area contributed by atoms with Crippen LogP contribution in [0.1, 0.15) is 31.2 Å². The largest absolute Gasteiger partial charge is 0.497 e. The molecule has 1 aromatic carbocycles. The van der Waals surface area contributed by atoms with E-state index in [0.717, 1.165) is 42.6 Å². The van der Waals surface area contributed by atoms with Crippen LogP contribution in [0.5, 0.6) is 5.75 Å². The van der Waals surface area contributed by atoms with E-state index < -0.39 is 6.04 Å². The first-order chi connectivity index (χ1) is 10.7. The predicted octanol–water partition coefficient (Wildman–Crippen LogP) is 2.62. The number of methoxy groups -OCH3 is 1. The number of allylic oxidation sites excluding steroid dienone is 1. The third-order valence-corrected chi connectivity index (χ3v) is 4.22. The molecule has 3 amide bonds. The molecule has 1 N–H and O–H groups in total. The second-order valence-corrected chi connectivity index (χ2v) is 5.68. The van der Waals surface area contributed by atoms with Crippen molar-refractivity contribution in [2.45, 2.75) is 38.3 Å². The van der Waals surface area contributed by atoms with Gasteiger partial charge in [-0.3, -0.25) is 9.69 Å². The third kappa shape index (κ3) is 2.84. The molecule has 0 saturated carbocycles. The number of carbonyl (C=O) groups is 2. The molecule has 0 radical (unpaired) electrons. The molecule has 1 atom stereocenters. The van der Waals surface area contributed by atoms with E-state index in [-0.39, 0.29) is 11.9 Å². The standard InChI is InChI=1S/C17H20N2O3/c1-22-14-9-7-12(8-10-14)11-19-16(20)15(18-17(19)21)13-5-3-2-4-6-13/h5,7-10,15H,2-4,6,11H2,1H3,(H,18,21). The molecule has 0 bridgehead atoms. The quantitative estimate of drug-likeness (QED) is 0.687. The minimum Gasteiger partial charge on any atom is -0.497 e. The molecule has 116 valence electrons. The molecule has 1 aromatic rings. The summed E-state index contributed by atoms with van der Waals surface area (Å²) in [5.74, 6) is 0.611. The summed E-state index contributed by atoms with van der Waals surface area (Å²) < 4.78 is 5.11. The molecule has 22 heavy (non-hydrogen) atoms. The van der Waals surface area contributed by atoms with Crippen molar-refractivity contribution >= 4 is 11.9 Å². The number of benzene rings is 1. The number of hydrogen-bond donors (Lipinski definition) is 1. The highest BCUT2D eigenvalue weighted by Gasteiger charge is 2.39. The molecule has 5 heteroatoms. The van der Waals surface area contributed by atoms with Crippen molar-refractivity contribution in [3.05, 3.63) is 41.5 Å². The third-order valence-electron chi connectivity index (χ3n) is 4.22. The fourth-order valence-electron chi connectivity index (χ4n) is 2.96. The smallest absolute Gasteiger partial charge is 0.325 e. The highest BCUT2D eigenvalue weighted by Crippen LogP contribution is 2.25. The highest BCUT2D eigenvalue weighted by atomic mass is 16.5. The summed E-state index contributed by atoms with van der Waals surface area (Å²) in [7, 11) is 1.61. The van der Waals surface area contributed by atoms with Gasteiger partial charge >= 0.3 is 6.03 Å². The number of imide groups is 1. The minimum absolute atomic E-state index is 0.144. The van der Waals surface area contributed by atoms with Crippen LogP contribution in [0.2, 0.25) is 0 Å². The molecule has 3 rings (SSSR count). The van der Waals surface area contributed by atoms with E-state index in [4.69, 9.17) is 4.74 Å². The van der Waals surface area contributed by atoms with Crippen LogP contribution in [0.15, 0.2) is 35.9 Å². The molecule has 1 saturated heterocycles. The number of nitrogens with one attached hydrogen (secondary N) is 1. The van der Waals surface area contributed by atoms with Crippen LogP contribution in [0, 0.1) is 0 Å². The van der Waals surface area contributed by atoms with Crippen molar-refractivity contribution in [2.75, 3.05) is 7.11 Å². The van der Waals surface area contributed by atoms with E-state index in [1.54, 1.807) is 7.11 Å². The normalized spacial score (nSPS) is 21.6. The number of nitrogens with zero attached hydrogens (tertiary/aromatic N) is 1. The first-order valence-corrected chi connectivity index (χ1v) is 7.63. The monoisotopic (exact) mass is 300 g/mol. The zero-order valence-corrected chi connectivity index (χ0v) is 12.7. The zero-order chi connectivity index (χ0) is 15.5. The molecule has 1 heterocycles. The molecule has 1 aliphatic heterocycles. The van der Waals surface area contributed by atoms with E-state index >= 15 is 0 Å². The van der Waals surface area contributed by atoms with Gasteiger partial charge in [0.05, 0.1) is 13.7 Å². The first kappa shape index (κ1) is 14.6. The van der Waals surface area contributed by atoms with E-state index in [0.29, 0.717) is 6.54 Å². The maximum Gasteiger partial charge on any atom is 0.325 e. The van der Waals surface area contributed by atoms with Crippen molar-refractivity contribution in [2.24, 2.45) is 0 Å². The number of hydrogen-bond acceptors (Lipinski definition) is 3. The van der Waals surface area contributed by atoms with E-state index in [2.05, 4.69) is 11.4 Å². The Kier molecular flexibility index (Phi) is 4.13. The van der Waals surface area contributed by atoms with Gasteiger partial charge in [-0.25, -0.2) is 4.79 Å². The van der Waals surface area contributed by atoms with Gasteiger partial charge in [0.2, 0.25) is 0 Å². The van der Waals surface area contributed by atoms with Gasteiger partial charge in [0.25, 0.3) is 5.91 Å². The van der Waals surface area contributed by atoms with Crippen molar-refractivity contribution in [3.63, 3.8) is 0 Å². The molecule has 1 fully saturated rings. The molecular formula is C17H20N2O3. The summed E-state index contributed by atoms with van der Waals surface area (Å²) in [6.07, 6.45) is 6.24. The lowest BCUT2D eigenvalue weighted by Crippen LogP contribution is -2.32. The lowest BCUT2D eigenvalue weighted by Gasteiger charge is -2.17. The van der Waals surface area contributed by atoms with Crippen LogP contribution in [-0.4, -0.2) is 30.0 Å². The van der Waals surface area contributed by atoms with Crippen LogP contribution >= 0.6 is 0 Å². The molecule has 0 aromatic heterocycles. The van der Waals surface area contributed by atoms with Gasteiger partial charge in [-0.15, -0.1) is 0 Å². The summed E-state index contributed by atoms with van der Waals surface area (Å²) in [5, 5.41) is 2.81. The average Bonchev–Trinajstić information content (AvgIpc) is 2.84. The lowest BCUT2D eigenvalue weighted by atomic mass is 9.94. The fourth-order valence-corrected chi connectivity index (χ4v) is 2.96. The molecular weight excluding hydrogens is 280 g/mol. The number of rotatable bonds is 4. The second-order valence-electron chi connectivity index (χ2n) is 5.68. The Morgan fingerprint density at radius 3 is 2.64 bits per heavy atom. The Hall–Kier alpha value is -2.30. The second kappa shape index (κ2) is 6.22. The molecule has 1 aliphatic carbocycles. The van der Waals surface area contributed by atoms with Crippen molar-refractivity contribution in [3.8, 4) is 5.75 Å². The van der Waals surface area contributed by atoms with Crippen LogP contribution in [0.4, 0.5) is 4.79 Å².